The normalized spacial score (nSPS) is 25.0. The molecule has 1 aromatic carbocycles. The van der Waals surface area contributed by atoms with Crippen LogP contribution in [-0.2, 0) is 15.1 Å². The van der Waals surface area contributed by atoms with Crippen molar-refractivity contribution >= 4 is 23.5 Å². The minimum atomic E-state index is -1.36. The highest BCUT2D eigenvalue weighted by atomic mass is 16.6. The number of hydrogen-bond donors (Lipinski definition) is 1. The third-order valence-corrected chi connectivity index (χ3v) is 5.64. The van der Waals surface area contributed by atoms with Gasteiger partial charge in [0, 0.05) is 24.7 Å². The van der Waals surface area contributed by atoms with Gasteiger partial charge in [0.25, 0.3) is 11.6 Å². The second-order valence-corrected chi connectivity index (χ2v) is 7.40. The second-order valence-electron chi connectivity index (χ2n) is 7.40. The molecule has 0 bridgehead atoms. The zero-order chi connectivity index (χ0) is 20.5. The van der Waals surface area contributed by atoms with Crippen LogP contribution in [0.25, 0.3) is 0 Å². The maximum atomic E-state index is 13.0. The van der Waals surface area contributed by atoms with Crippen molar-refractivity contribution in [2.45, 2.75) is 51.1 Å². The maximum absolute atomic E-state index is 13.0. The Kier molecular flexibility index (Phi) is 5.35. The largest absolute Gasteiger partial charge is 0.338 e. The number of piperidine rings is 1. The van der Waals surface area contributed by atoms with E-state index in [1.807, 2.05) is 6.92 Å². The van der Waals surface area contributed by atoms with Gasteiger partial charge in [0.2, 0.25) is 5.91 Å². The summed E-state index contributed by atoms with van der Waals surface area (Å²) in [4.78, 5) is 51.2. The van der Waals surface area contributed by atoms with E-state index in [1.54, 1.807) is 4.90 Å². The number of non-ortho nitro benzene ring substituents is 1. The van der Waals surface area contributed by atoms with Crippen LogP contribution in [-0.4, -0.2) is 51.7 Å². The fourth-order valence-corrected chi connectivity index (χ4v) is 3.93. The Bertz CT molecular complexity index is 809. The molecule has 2 fully saturated rings. The summed E-state index contributed by atoms with van der Waals surface area (Å²) < 4.78 is 0. The van der Waals surface area contributed by atoms with Crippen LogP contribution in [0.1, 0.15) is 45.1 Å². The molecule has 3 rings (SSSR count). The van der Waals surface area contributed by atoms with Crippen molar-refractivity contribution in [2.75, 3.05) is 13.1 Å². The van der Waals surface area contributed by atoms with E-state index in [0.717, 1.165) is 30.6 Å². The van der Waals surface area contributed by atoms with Gasteiger partial charge in [-0.1, -0.05) is 6.92 Å². The molecular weight excluding hydrogens is 364 g/mol. The molecule has 1 aromatic rings. The van der Waals surface area contributed by atoms with E-state index < -0.39 is 22.4 Å². The molecule has 0 radical (unpaired) electrons. The number of nitro groups is 1. The van der Waals surface area contributed by atoms with Gasteiger partial charge in [0.05, 0.1) is 4.92 Å². The molecule has 2 aliphatic rings. The SMILES string of the molecule is CC[C@H]1CCCCN1C(=O)CN1C(=O)N[C@](C)(c2ccc([N+](=O)[O-])cc2)C1=O. The first-order valence-corrected chi connectivity index (χ1v) is 9.46. The monoisotopic (exact) mass is 388 g/mol. The van der Waals surface area contributed by atoms with Crippen LogP contribution in [0, 0.1) is 10.1 Å². The standard InChI is InChI=1S/C19H24N4O5/c1-3-14-6-4-5-11-21(14)16(24)12-22-17(25)19(2,20-18(22)26)13-7-9-15(10-8-13)23(27)28/h7-10,14H,3-6,11-12H2,1-2H3,(H,20,26)/t14-,19+/m0/s1. The van der Waals surface area contributed by atoms with E-state index in [1.165, 1.54) is 31.2 Å². The van der Waals surface area contributed by atoms with Gasteiger partial charge in [0.1, 0.15) is 12.1 Å². The Morgan fingerprint density at radius 1 is 1.29 bits per heavy atom. The molecule has 4 amide bonds. The van der Waals surface area contributed by atoms with Crippen molar-refractivity contribution in [1.82, 2.24) is 15.1 Å². The highest BCUT2D eigenvalue weighted by Crippen LogP contribution is 2.30. The maximum Gasteiger partial charge on any atom is 0.325 e. The van der Waals surface area contributed by atoms with E-state index in [-0.39, 0.29) is 24.2 Å². The molecule has 1 N–H and O–H groups in total. The Morgan fingerprint density at radius 2 is 1.96 bits per heavy atom. The Hall–Kier alpha value is -2.97. The zero-order valence-electron chi connectivity index (χ0n) is 16.0. The van der Waals surface area contributed by atoms with Crippen LogP contribution < -0.4 is 5.32 Å². The summed E-state index contributed by atoms with van der Waals surface area (Å²) in [5, 5.41) is 13.4. The number of benzene rings is 1. The highest BCUT2D eigenvalue weighted by Gasteiger charge is 2.50. The molecule has 0 aromatic heterocycles. The number of amides is 4. The third-order valence-electron chi connectivity index (χ3n) is 5.64. The molecule has 150 valence electrons. The summed E-state index contributed by atoms with van der Waals surface area (Å²) >= 11 is 0. The number of hydrogen-bond acceptors (Lipinski definition) is 5. The predicted octanol–water partition coefficient (Wildman–Crippen LogP) is 2.15. The quantitative estimate of drug-likeness (QED) is 0.472. The summed E-state index contributed by atoms with van der Waals surface area (Å²) in [6.45, 7) is 3.90. The molecule has 28 heavy (non-hydrogen) atoms. The molecule has 9 heteroatoms. The van der Waals surface area contributed by atoms with Crippen LogP contribution in [0.2, 0.25) is 0 Å². The van der Waals surface area contributed by atoms with Gasteiger partial charge in [-0.25, -0.2) is 4.79 Å². The van der Waals surface area contributed by atoms with Crippen molar-refractivity contribution in [1.29, 1.82) is 0 Å². The molecule has 0 saturated carbocycles. The first-order valence-electron chi connectivity index (χ1n) is 9.46. The fraction of sp³-hybridized carbons (Fsp3) is 0.526. The zero-order valence-corrected chi connectivity index (χ0v) is 16.0. The molecule has 0 unspecified atom stereocenters. The van der Waals surface area contributed by atoms with Gasteiger partial charge >= 0.3 is 6.03 Å². The molecular formula is C19H24N4O5. The Morgan fingerprint density at radius 3 is 2.57 bits per heavy atom. The van der Waals surface area contributed by atoms with Gasteiger partial charge in [-0.3, -0.25) is 24.6 Å². The smallest absolute Gasteiger partial charge is 0.325 e. The van der Waals surface area contributed by atoms with Crippen molar-refractivity contribution in [3.05, 3.63) is 39.9 Å². The van der Waals surface area contributed by atoms with Crippen LogP contribution in [0.4, 0.5) is 10.5 Å². The summed E-state index contributed by atoms with van der Waals surface area (Å²) in [7, 11) is 0. The third kappa shape index (κ3) is 3.44. The van der Waals surface area contributed by atoms with E-state index >= 15 is 0 Å². The number of carbonyl (C=O) groups is 3. The molecule has 9 nitrogen and oxygen atoms in total. The lowest BCUT2D eigenvalue weighted by molar-refractivity contribution is -0.384. The van der Waals surface area contributed by atoms with Crippen molar-refractivity contribution in [2.24, 2.45) is 0 Å². The number of carbonyl (C=O) groups excluding carboxylic acids is 3. The van der Waals surface area contributed by atoms with Crippen LogP contribution >= 0.6 is 0 Å². The summed E-state index contributed by atoms with van der Waals surface area (Å²) in [5.74, 6) is -0.771. The lowest BCUT2D eigenvalue weighted by atomic mass is 9.92. The average molecular weight is 388 g/mol. The van der Waals surface area contributed by atoms with Crippen molar-refractivity contribution in [3.8, 4) is 0 Å². The van der Waals surface area contributed by atoms with Gasteiger partial charge in [-0.2, -0.15) is 0 Å². The van der Waals surface area contributed by atoms with Crippen LogP contribution in [0.5, 0.6) is 0 Å². The van der Waals surface area contributed by atoms with Gasteiger partial charge in [0.15, 0.2) is 0 Å². The second kappa shape index (κ2) is 7.57. The topological polar surface area (TPSA) is 113 Å². The van der Waals surface area contributed by atoms with Gasteiger partial charge in [-0.05, 0) is 50.3 Å². The summed E-state index contributed by atoms with van der Waals surface area (Å²) in [6, 6.07) is 4.96. The lowest BCUT2D eigenvalue weighted by Gasteiger charge is -2.36. The molecule has 2 saturated heterocycles. The number of imide groups is 1. The summed E-state index contributed by atoms with van der Waals surface area (Å²) in [6.07, 6.45) is 3.77. The Balaban J connectivity index is 1.77. The molecule has 2 aliphatic heterocycles. The van der Waals surface area contributed by atoms with Crippen LogP contribution in [0.15, 0.2) is 24.3 Å². The molecule has 0 aliphatic carbocycles. The first-order chi connectivity index (χ1) is 13.3. The number of rotatable bonds is 5. The fourth-order valence-electron chi connectivity index (χ4n) is 3.93. The summed E-state index contributed by atoms with van der Waals surface area (Å²) in [5.41, 5.74) is -1.04. The minimum absolute atomic E-state index is 0.105. The lowest BCUT2D eigenvalue weighted by Crippen LogP contribution is -2.49. The Labute approximate surface area is 162 Å². The molecule has 0 spiro atoms. The number of urea groups is 1. The number of nitrogens with zero attached hydrogens (tertiary/aromatic N) is 3. The number of nitrogens with one attached hydrogen (secondary N) is 1. The van der Waals surface area contributed by atoms with E-state index in [0.29, 0.717) is 12.1 Å². The average Bonchev–Trinajstić information content (AvgIpc) is 2.91. The first kappa shape index (κ1) is 19.8. The van der Waals surface area contributed by atoms with E-state index in [9.17, 15) is 24.5 Å². The van der Waals surface area contributed by atoms with E-state index in [2.05, 4.69) is 5.32 Å². The van der Waals surface area contributed by atoms with Gasteiger partial charge < -0.3 is 10.2 Å². The molecule has 2 atom stereocenters. The minimum Gasteiger partial charge on any atom is -0.338 e. The van der Waals surface area contributed by atoms with E-state index in [4.69, 9.17) is 0 Å². The van der Waals surface area contributed by atoms with Crippen LogP contribution in [0.3, 0.4) is 0 Å². The highest BCUT2D eigenvalue weighted by molar-refractivity contribution is 6.09. The van der Waals surface area contributed by atoms with Gasteiger partial charge in [-0.15, -0.1) is 0 Å². The number of nitro benzene ring substituents is 1. The molecule has 2 heterocycles. The van der Waals surface area contributed by atoms with Crippen molar-refractivity contribution < 1.29 is 19.3 Å². The number of likely N-dealkylation sites (tertiary alicyclic amines) is 1. The van der Waals surface area contributed by atoms with Crippen molar-refractivity contribution in [3.63, 3.8) is 0 Å². The predicted molar refractivity (Wildman–Crippen MR) is 100 cm³/mol.